The van der Waals surface area contributed by atoms with Gasteiger partial charge in [0.25, 0.3) is 0 Å². The van der Waals surface area contributed by atoms with Crippen molar-refractivity contribution in [3.63, 3.8) is 0 Å². The first-order valence-electron chi connectivity index (χ1n) is 7.33. The van der Waals surface area contributed by atoms with E-state index in [4.69, 9.17) is 4.74 Å². The zero-order chi connectivity index (χ0) is 14.8. The number of allylic oxidation sites excluding steroid dienone is 1. The highest BCUT2D eigenvalue weighted by Crippen LogP contribution is 2.46. The van der Waals surface area contributed by atoms with Crippen molar-refractivity contribution >= 4 is 5.94 Å². The van der Waals surface area contributed by atoms with Crippen LogP contribution in [0.25, 0.3) is 0 Å². The SMILES string of the molecule is COC(=C=O)/C=C/CN1CCC2(CNC2C(C)(C)C)C1. The van der Waals surface area contributed by atoms with Crippen molar-refractivity contribution in [3.8, 4) is 0 Å². The summed E-state index contributed by atoms with van der Waals surface area (Å²) in [6.45, 7) is 11.2. The minimum atomic E-state index is 0.261. The third kappa shape index (κ3) is 2.98. The molecule has 20 heavy (non-hydrogen) atoms. The van der Waals surface area contributed by atoms with Gasteiger partial charge in [-0.25, -0.2) is 4.79 Å². The maximum absolute atomic E-state index is 10.5. The predicted octanol–water partition coefficient (Wildman–Crippen LogP) is 1.61. The topological polar surface area (TPSA) is 41.6 Å². The lowest BCUT2D eigenvalue weighted by molar-refractivity contribution is 0.0154. The monoisotopic (exact) mass is 278 g/mol. The van der Waals surface area contributed by atoms with E-state index in [0.717, 1.165) is 26.2 Å². The van der Waals surface area contributed by atoms with Gasteiger partial charge in [0, 0.05) is 31.1 Å². The summed E-state index contributed by atoms with van der Waals surface area (Å²) in [7, 11) is 1.49. The van der Waals surface area contributed by atoms with Gasteiger partial charge in [-0.1, -0.05) is 26.8 Å². The molecule has 1 spiro atoms. The van der Waals surface area contributed by atoms with Crippen molar-refractivity contribution in [2.24, 2.45) is 10.8 Å². The molecule has 0 aromatic rings. The molecule has 2 aliphatic rings. The molecule has 2 fully saturated rings. The minimum Gasteiger partial charge on any atom is -0.487 e. The summed E-state index contributed by atoms with van der Waals surface area (Å²) in [5, 5.41) is 3.61. The van der Waals surface area contributed by atoms with E-state index in [1.54, 1.807) is 12.0 Å². The molecule has 2 saturated heterocycles. The lowest BCUT2D eigenvalue weighted by Gasteiger charge is -2.54. The van der Waals surface area contributed by atoms with Crippen LogP contribution in [0, 0.1) is 10.8 Å². The Balaban J connectivity index is 1.89. The summed E-state index contributed by atoms with van der Waals surface area (Å²) in [5.41, 5.74) is 0.754. The number of rotatable bonds is 4. The van der Waals surface area contributed by atoms with Gasteiger partial charge in [-0.15, -0.1) is 0 Å². The molecule has 4 heteroatoms. The van der Waals surface area contributed by atoms with Crippen LogP contribution in [0.4, 0.5) is 0 Å². The van der Waals surface area contributed by atoms with Gasteiger partial charge in [0.05, 0.1) is 7.11 Å². The quantitative estimate of drug-likeness (QED) is 0.482. The van der Waals surface area contributed by atoms with E-state index >= 15 is 0 Å². The summed E-state index contributed by atoms with van der Waals surface area (Å²) in [5.74, 6) is 2.03. The van der Waals surface area contributed by atoms with E-state index in [-0.39, 0.29) is 5.76 Å². The second kappa shape index (κ2) is 5.72. The Labute approximate surface area is 121 Å². The third-order valence-electron chi connectivity index (χ3n) is 4.55. The minimum absolute atomic E-state index is 0.261. The number of hydrogen-bond acceptors (Lipinski definition) is 4. The summed E-state index contributed by atoms with van der Waals surface area (Å²) in [6.07, 6.45) is 4.95. The zero-order valence-corrected chi connectivity index (χ0v) is 13.0. The summed E-state index contributed by atoms with van der Waals surface area (Å²) in [6, 6.07) is 0.605. The maximum atomic E-state index is 10.5. The summed E-state index contributed by atoms with van der Waals surface area (Å²) < 4.78 is 4.88. The van der Waals surface area contributed by atoms with Crippen molar-refractivity contribution in [1.29, 1.82) is 0 Å². The van der Waals surface area contributed by atoms with E-state index in [1.807, 2.05) is 6.08 Å². The number of likely N-dealkylation sites (tertiary alicyclic amines) is 1. The fraction of sp³-hybridized carbons (Fsp3) is 0.750. The molecule has 0 aliphatic carbocycles. The molecular weight excluding hydrogens is 252 g/mol. The second-order valence-electron chi connectivity index (χ2n) is 7.10. The Morgan fingerprint density at radius 2 is 2.30 bits per heavy atom. The van der Waals surface area contributed by atoms with Crippen molar-refractivity contribution in [1.82, 2.24) is 10.2 Å². The molecule has 2 unspecified atom stereocenters. The van der Waals surface area contributed by atoms with Crippen LogP contribution in [0.1, 0.15) is 27.2 Å². The maximum Gasteiger partial charge on any atom is 0.203 e. The van der Waals surface area contributed by atoms with Gasteiger partial charge < -0.3 is 10.1 Å². The van der Waals surface area contributed by atoms with Crippen LogP contribution in [0.2, 0.25) is 0 Å². The Morgan fingerprint density at radius 1 is 1.55 bits per heavy atom. The van der Waals surface area contributed by atoms with Crippen molar-refractivity contribution in [2.75, 3.05) is 33.3 Å². The number of methoxy groups -OCH3 is 1. The smallest absolute Gasteiger partial charge is 0.203 e. The Kier molecular flexibility index (Phi) is 4.38. The van der Waals surface area contributed by atoms with Gasteiger partial charge in [0.2, 0.25) is 5.76 Å². The Hall–Kier alpha value is -1.09. The van der Waals surface area contributed by atoms with Crippen molar-refractivity contribution in [2.45, 2.75) is 33.2 Å². The molecule has 0 saturated carbocycles. The van der Waals surface area contributed by atoms with Gasteiger partial charge >= 0.3 is 0 Å². The molecule has 2 heterocycles. The molecule has 1 N–H and O–H groups in total. The standard InChI is InChI=1S/C16H26N2O2/c1-15(2,3)14-16(11-17-14)7-9-18(12-16)8-5-6-13(10-19)20-4/h5-6,14,17H,7-9,11-12H2,1-4H3/b6-5+. The Bertz CT molecular complexity index is 432. The molecule has 0 amide bonds. The molecule has 2 atom stereocenters. The molecule has 2 rings (SSSR count). The van der Waals surface area contributed by atoms with Crippen LogP contribution < -0.4 is 5.32 Å². The summed E-state index contributed by atoms with van der Waals surface area (Å²) >= 11 is 0. The molecule has 112 valence electrons. The van der Waals surface area contributed by atoms with Crippen molar-refractivity contribution < 1.29 is 9.53 Å². The molecule has 0 aromatic carbocycles. The van der Waals surface area contributed by atoms with Crippen molar-refractivity contribution in [3.05, 3.63) is 17.9 Å². The van der Waals surface area contributed by atoms with E-state index in [0.29, 0.717) is 16.9 Å². The molecular formula is C16H26N2O2. The molecule has 0 radical (unpaired) electrons. The summed E-state index contributed by atoms with van der Waals surface area (Å²) in [4.78, 5) is 13.0. The second-order valence-corrected chi connectivity index (χ2v) is 7.10. The van der Waals surface area contributed by atoms with E-state index < -0.39 is 0 Å². The number of nitrogens with one attached hydrogen (secondary N) is 1. The van der Waals surface area contributed by atoms with Crippen LogP contribution in [-0.4, -0.2) is 50.2 Å². The zero-order valence-electron chi connectivity index (χ0n) is 13.0. The van der Waals surface area contributed by atoms with E-state index in [2.05, 4.69) is 31.0 Å². The lowest BCUT2D eigenvalue weighted by atomic mass is 9.63. The molecule has 4 nitrogen and oxygen atoms in total. The van der Waals surface area contributed by atoms with Crippen LogP contribution in [0.5, 0.6) is 0 Å². The number of ether oxygens (including phenoxy) is 1. The van der Waals surface area contributed by atoms with Gasteiger partial charge in [-0.2, -0.15) is 0 Å². The highest BCUT2D eigenvalue weighted by atomic mass is 16.5. The van der Waals surface area contributed by atoms with E-state index in [9.17, 15) is 4.79 Å². The van der Waals surface area contributed by atoms with Crippen LogP contribution in [0.15, 0.2) is 17.9 Å². The van der Waals surface area contributed by atoms with E-state index in [1.165, 1.54) is 13.5 Å². The van der Waals surface area contributed by atoms with Gasteiger partial charge in [-0.3, -0.25) is 4.90 Å². The van der Waals surface area contributed by atoms with Crippen LogP contribution in [0.3, 0.4) is 0 Å². The largest absolute Gasteiger partial charge is 0.487 e. The first kappa shape index (κ1) is 15.3. The first-order valence-corrected chi connectivity index (χ1v) is 7.33. The van der Waals surface area contributed by atoms with Gasteiger partial charge in [0.15, 0.2) is 5.94 Å². The number of nitrogens with zero attached hydrogens (tertiary/aromatic N) is 1. The average Bonchev–Trinajstić information content (AvgIpc) is 2.78. The number of carbonyl (C=O) groups excluding carboxylic acids is 1. The first-order chi connectivity index (χ1) is 9.41. The van der Waals surface area contributed by atoms with Gasteiger partial charge in [0.1, 0.15) is 0 Å². The Morgan fingerprint density at radius 3 is 2.80 bits per heavy atom. The van der Waals surface area contributed by atoms with Gasteiger partial charge in [-0.05, 0) is 24.5 Å². The van der Waals surface area contributed by atoms with Crippen LogP contribution in [-0.2, 0) is 9.53 Å². The fourth-order valence-corrected chi connectivity index (χ4v) is 3.69. The highest BCUT2D eigenvalue weighted by Gasteiger charge is 2.54. The lowest BCUT2D eigenvalue weighted by Crippen LogP contribution is -2.68. The highest BCUT2D eigenvalue weighted by molar-refractivity contribution is 5.53. The molecule has 0 aromatic heterocycles. The predicted molar refractivity (Wildman–Crippen MR) is 80.1 cm³/mol. The number of hydrogen-bond donors (Lipinski definition) is 1. The molecule has 2 aliphatic heterocycles. The molecule has 0 bridgehead atoms. The average molecular weight is 278 g/mol. The normalized spacial score (nSPS) is 30.5. The fourth-order valence-electron chi connectivity index (χ4n) is 3.69. The third-order valence-corrected chi connectivity index (χ3v) is 4.55. The van der Waals surface area contributed by atoms with Crippen LogP contribution >= 0.6 is 0 Å².